The first-order chi connectivity index (χ1) is 23.3. The second kappa shape index (κ2) is 10.5. The molecule has 2 heteroatoms. The van der Waals surface area contributed by atoms with Crippen LogP contribution >= 0.6 is 0 Å². The molecule has 2 aromatic heterocycles. The molecule has 8 aromatic carbocycles. The fourth-order valence-corrected chi connectivity index (χ4v) is 10.2. The molecule has 218 valence electrons. The number of pyridine rings is 1. The summed E-state index contributed by atoms with van der Waals surface area (Å²) in [5, 5.41) is 12.8. The number of hydrogen-bond acceptors (Lipinski definition) is 1. The number of rotatable bonds is 3. The Kier molecular flexibility index (Phi) is 5.96. The van der Waals surface area contributed by atoms with E-state index in [4.69, 9.17) is 4.98 Å². The summed E-state index contributed by atoms with van der Waals surface area (Å²) in [5.41, 5.74) is 7.35. The van der Waals surface area contributed by atoms with Crippen LogP contribution in [0.3, 0.4) is 0 Å². The maximum absolute atomic E-state index is 5.06. The number of nitrogens with zero attached hydrogens (tertiary/aromatic N) is 1. The second-order valence-electron chi connectivity index (χ2n) is 12.2. The SMILES string of the molecule is c1ccc2c(-c3c4ccccc4c(-c4cccc5ccccc45)c4cc(-c5nccc6c5[se]c5ccccc56)ccc34)cccc2c1. The molecule has 0 atom stereocenters. The Labute approximate surface area is 278 Å². The van der Waals surface area contributed by atoms with E-state index in [1.807, 2.05) is 6.20 Å². The Balaban J connectivity index is 1.38. The fraction of sp³-hybridized carbons (Fsp3) is 0. The molecule has 47 heavy (non-hydrogen) atoms. The van der Waals surface area contributed by atoms with E-state index in [1.54, 1.807) is 0 Å². The monoisotopic (exact) mass is 661 g/mol. The van der Waals surface area contributed by atoms with E-state index in [9.17, 15) is 0 Å². The third-order valence-corrected chi connectivity index (χ3v) is 12.2. The molecular formula is C45H27NSe. The summed E-state index contributed by atoms with van der Waals surface area (Å²) in [6.07, 6.45) is 1.99. The maximum atomic E-state index is 5.06. The Morgan fingerprint density at radius 1 is 0.383 bits per heavy atom. The van der Waals surface area contributed by atoms with Crippen molar-refractivity contribution in [2.45, 2.75) is 0 Å². The van der Waals surface area contributed by atoms with Crippen molar-refractivity contribution in [3.63, 3.8) is 0 Å². The van der Waals surface area contributed by atoms with Gasteiger partial charge in [-0.1, -0.05) is 0 Å². The first-order valence-corrected chi connectivity index (χ1v) is 17.8. The van der Waals surface area contributed by atoms with Gasteiger partial charge in [0.15, 0.2) is 0 Å². The van der Waals surface area contributed by atoms with Gasteiger partial charge in [0.25, 0.3) is 0 Å². The van der Waals surface area contributed by atoms with Gasteiger partial charge >= 0.3 is 279 Å². The Morgan fingerprint density at radius 2 is 0.915 bits per heavy atom. The quantitative estimate of drug-likeness (QED) is 0.136. The van der Waals surface area contributed by atoms with Gasteiger partial charge in [0.1, 0.15) is 0 Å². The fourth-order valence-electron chi connectivity index (χ4n) is 7.65. The van der Waals surface area contributed by atoms with Crippen LogP contribution in [0.2, 0.25) is 0 Å². The van der Waals surface area contributed by atoms with Crippen LogP contribution in [0.25, 0.3) is 95.9 Å². The van der Waals surface area contributed by atoms with E-state index in [2.05, 4.69) is 158 Å². The summed E-state index contributed by atoms with van der Waals surface area (Å²) in [4.78, 5) is 5.06. The van der Waals surface area contributed by atoms with Crippen molar-refractivity contribution in [2.75, 3.05) is 0 Å². The van der Waals surface area contributed by atoms with Crippen LogP contribution in [0.4, 0.5) is 0 Å². The van der Waals surface area contributed by atoms with Gasteiger partial charge in [0, 0.05) is 0 Å². The number of hydrogen-bond donors (Lipinski definition) is 0. The predicted molar refractivity (Wildman–Crippen MR) is 203 cm³/mol. The van der Waals surface area contributed by atoms with Gasteiger partial charge in [-0.15, -0.1) is 0 Å². The summed E-state index contributed by atoms with van der Waals surface area (Å²) in [6, 6.07) is 58.1. The van der Waals surface area contributed by atoms with Crippen LogP contribution in [-0.2, 0) is 0 Å². The molecule has 0 unspecified atom stereocenters. The summed E-state index contributed by atoms with van der Waals surface area (Å²) in [7, 11) is 0. The van der Waals surface area contributed by atoms with Crippen molar-refractivity contribution >= 4 is 76.9 Å². The van der Waals surface area contributed by atoms with Crippen molar-refractivity contribution in [1.82, 2.24) is 4.98 Å². The summed E-state index contributed by atoms with van der Waals surface area (Å²) >= 11 is 0.209. The molecule has 2 heterocycles. The zero-order valence-electron chi connectivity index (χ0n) is 25.4. The van der Waals surface area contributed by atoms with E-state index in [0.29, 0.717) is 0 Å². The number of aromatic nitrogens is 1. The predicted octanol–water partition coefficient (Wildman–Crippen LogP) is 12.1. The molecule has 10 aromatic rings. The molecule has 0 saturated carbocycles. The summed E-state index contributed by atoms with van der Waals surface area (Å²) in [5.74, 6) is 0. The van der Waals surface area contributed by atoms with Crippen LogP contribution in [0, 0.1) is 0 Å². The van der Waals surface area contributed by atoms with Crippen molar-refractivity contribution in [3.8, 4) is 33.5 Å². The Morgan fingerprint density at radius 3 is 1.60 bits per heavy atom. The molecule has 0 bridgehead atoms. The Bertz CT molecular complexity index is 2850. The first kappa shape index (κ1) is 26.7. The molecule has 0 saturated heterocycles. The van der Waals surface area contributed by atoms with Crippen LogP contribution in [0.1, 0.15) is 0 Å². The van der Waals surface area contributed by atoms with E-state index in [1.165, 1.54) is 90.2 Å². The molecule has 0 radical (unpaired) electrons. The molecule has 10 rings (SSSR count). The number of benzene rings is 8. The average Bonchev–Trinajstić information content (AvgIpc) is 3.52. The molecule has 0 aliphatic rings. The third kappa shape index (κ3) is 4.06. The molecule has 0 aliphatic carbocycles. The summed E-state index contributed by atoms with van der Waals surface area (Å²) in [6.45, 7) is 0. The van der Waals surface area contributed by atoms with Gasteiger partial charge in [-0.05, 0) is 0 Å². The zero-order chi connectivity index (χ0) is 30.9. The molecule has 0 spiro atoms. The topological polar surface area (TPSA) is 12.9 Å². The molecule has 0 N–H and O–H groups in total. The van der Waals surface area contributed by atoms with Crippen molar-refractivity contribution < 1.29 is 0 Å². The molecular weight excluding hydrogens is 633 g/mol. The minimum atomic E-state index is 0.209. The molecule has 0 fully saturated rings. The van der Waals surface area contributed by atoms with E-state index in [-0.39, 0.29) is 14.5 Å². The van der Waals surface area contributed by atoms with Crippen LogP contribution in [0.5, 0.6) is 0 Å². The average molecular weight is 661 g/mol. The third-order valence-electron chi connectivity index (χ3n) is 9.71. The second-order valence-corrected chi connectivity index (χ2v) is 14.5. The van der Waals surface area contributed by atoms with E-state index >= 15 is 0 Å². The first-order valence-electron chi connectivity index (χ1n) is 16.0. The number of fused-ring (bicyclic) bond motifs is 7. The minimum absolute atomic E-state index is 0.209. The molecule has 1 nitrogen and oxygen atoms in total. The normalized spacial score (nSPS) is 11.8. The zero-order valence-corrected chi connectivity index (χ0v) is 27.2. The molecule has 0 aliphatic heterocycles. The van der Waals surface area contributed by atoms with Gasteiger partial charge in [0.2, 0.25) is 0 Å². The van der Waals surface area contributed by atoms with Gasteiger partial charge < -0.3 is 0 Å². The van der Waals surface area contributed by atoms with Gasteiger partial charge in [-0.2, -0.15) is 0 Å². The van der Waals surface area contributed by atoms with Crippen molar-refractivity contribution in [2.24, 2.45) is 0 Å². The van der Waals surface area contributed by atoms with E-state index in [0.717, 1.165) is 5.69 Å². The Hall–Kier alpha value is -5.53. The standard InChI is InChI=1S/C45H27NSe/c1-3-15-31-28(11-1)13-9-20-34(31)42-36-18-5-6-19-37(36)43(35-21-10-14-29-12-2-4-16-32(29)35)40-27-30(23-24-38(40)42)44-45-39(25-26-46-44)33-17-7-8-22-41(33)47-45/h1-27H. The van der Waals surface area contributed by atoms with Crippen molar-refractivity contribution in [1.29, 1.82) is 0 Å². The van der Waals surface area contributed by atoms with Gasteiger partial charge in [-0.3, -0.25) is 0 Å². The van der Waals surface area contributed by atoms with Gasteiger partial charge in [0.05, 0.1) is 0 Å². The molecule has 0 amide bonds. The van der Waals surface area contributed by atoms with Crippen molar-refractivity contribution in [3.05, 3.63) is 164 Å². The van der Waals surface area contributed by atoms with E-state index < -0.39 is 0 Å². The van der Waals surface area contributed by atoms with Gasteiger partial charge in [-0.25, -0.2) is 0 Å². The van der Waals surface area contributed by atoms with Crippen LogP contribution in [-0.4, -0.2) is 19.5 Å². The summed E-state index contributed by atoms with van der Waals surface area (Å²) < 4.78 is 2.81. The van der Waals surface area contributed by atoms with Crippen LogP contribution < -0.4 is 0 Å². The van der Waals surface area contributed by atoms with Crippen LogP contribution in [0.15, 0.2) is 164 Å².